The van der Waals surface area contributed by atoms with Gasteiger partial charge in [-0.25, -0.2) is 4.57 Å². The van der Waals surface area contributed by atoms with Gasteiger partial charge >= 0.3 is 7.75 Å². The van der Waals surface area contributed by atoms with Crippen LogP contribution in [0.2, 0.25) is 0 Å². The molecular weight excluding hydrogens is 401 g/mol. The average molecular weight is 423 g/mol. The van der Waals surface area contributed by atoms with Gasteiger partial charge in [0.1, 0.15) is 0 Å². The molecule has 1 aliphatic rings. The predicted octanol–water partition coefficient (Wildman–Crippen LogP) is 5.34. The van der Waals surface area contributed by atoms with Crippen LogP contribution >= 0.6 is 30.4 Å². The summed E-state index contributed by atoms with van der Waals surface area (Å²) in [5, 5.41) is 3.93. The first-order valence-electron chi connectivity index (χ1n) is 8.73. The minimum atomic E-state index is -3.47. The first kappa shape index (κ1) is 20.4. The molecule has 5 nitrogen and oxygen atoms in total. The van der Waals surface area contributed by atoms with E-state index in [0.29, 0.717) is 11.1 Å². The summed E-state index contributed by atoms with van der Waals surface area (Å²) in [6.07, 6.45) is 3.73. The number of piperidine rings is 1. The molecule has 1 saturated heterocycles. The van der Waals surface area contributed by atoms with Crippen molar-refractivity contribution in [1.29, 1.82) is 0 Å². The van der Waals surface area contributed by atoms with E-state index in [1.165, 1.54) is 0 Å². The van der Waals surface area contributed by atoms with Crippen LogP contribution in [0.5, 0.6) is 0 Å². The topological polar surface area (TPSA) is 55.8 Å². The minimum Gasteiger partial charge on any atom is -0.297 e. The average Bonchev–Trinajstić information content (AvgIpc) is 3.32. The van der Waals surface area contributed by atoms with Gasteiger partial charge in [0.15, 0.2) is 5.78 Å². The van der Waals surface area contributed by atoms with Gasteiger partial charge in [-0.1, -0.05) is 12.1 Å². The van der Waals surface area contributed by atoms with Gasteiger partial charge in [-0.3, -0.25) is 13.8 Å². The van der Waals surface area contributed by atoms with Crippen molar-refractivity contribution in [2.75, 3.05) is 26.3 Å². The van der Waals surface area contributed by atoms with Crippen LogP contribution in [-0.4, -0.2) is 36.8 Å². The molecule has 0 unspecified atom stereocenters. The molecule has 0 saturated carbocycles. The Kier molecular flexibility index (Phi) is 6.98. The Morgan fingerprint density at radius 1 is 1.00 bits per heavy atom. The van der Waals surface area contributed by atoms with E-state index < -0.39 is 7.75 Å². The molecule has 3 rings (SSSR count). The van der Waals surface area contributed by atoms with Gasteiger partial charge in [-0.15, -0.1) is 22.7 Å². The van der Waals surface area contributed by atoms with E-state index in [1.54, 1.807) is 41.2 Å². The van der Waals surface area contributed by atoms with E-state index in [4.69, 9.17) is 9.05 Å². The maximum atomic E-state index is 13.3. The number of rotatable bonds is 7. The Labute approximate surface area is 167 Å². The lowest BCUT2D eigenvalue weighted by atomic mass is 9.98. The van der Waals surface area contributed by atoms with E-state index in [0.717, 1.165) is 9.75 Å². The molecule has 0 bridgehead atoms. The second kappa shape index (κ2) is 9.24. The molecule has 0 atom stereocenters. The highest BCUT2D eigenvalue weighted by molar-refractivity contribution is 7.51. The molecule has 0 aromatic carbocycles. The molecule has 0 aliphatic carbocycles. The monoisotopic (exact) mass is 423 g/mol. The van der Waals surface area contributed by atoms with Crippen LogP contribution in [0.25, 0.3) is 12.2 Å². The quantitative estimate of drug-likeness (QED) is 0.444. The first-order chi connectivity index (χ1) is 13.1. The van der Waals surface area contributed by atoms with Crippen molar-refractivity contribution in [3.8, 4) is 0 Å². The van der Waals surface area contributed by atoms with Crippen molar-refractivity contribution < 1.29 is 18.4 Å². The van der Waals surface area contributed by atoms with Crippen molar-refractivity contribution in [3.05, 3.63) is 55.9 Å². The van der Waals surface area contributed by atoms with E-state index in [1.807, 2.05) is 47.2 Å². The van der Waals surface area contributed by atoms with Crippen LogP contribution in [0.4, 0.5) is 0 Å². The second-order valence-corrected chi connectivity index (χ2v) is 9.80. The van der Waals surface area contributed by atoms with Crippen molar-refractivity contribution in [2.24, 2.45) is 0 Å². The molecule has 2 aromatic rings. The van der Waals surface area contributed by atoms with E-state index in [9.17, 15) is 9.36 Å². The summed E-state index contributed by atoms with van der Waals surface area (Å²) in [4.78, 5) is 15.0. The molecule has 0 amide bonds. The SMILES string of the molecule is CCOP(=O)(OCC)N1C/C(=C\c2cccs2)C(=O)/C(=C/c2cccs2)C1. The predicted molar refractivity (Wildman–Crippen MR) is 112 cm³/mol. The maximum absolute atomic E-state index is 13.3. The maximum Gasteiger partial charge on any atom is 0.408 e. The zero-order chi connectivity index (χ0) is 19.3. The molecule has 1 fully saturated rings. The van der Waals surface area contributed by atoms with Crippen LogP contribution in [0, 0.1) is 0 Å². The molecule has 1 aliphatic heterocycles. The molecule has 3 heterocycles. The summed E-state index contributed by atoms with van der Waals surface area (Å²) in [5.41, 5.74) is 1.18. The lowest BCUT2D eigenvalue weighted by molar-refractivity contribution is -0.113. The highest BCUT2D eigenvalue weighted by Crippen LogP contribution is 2.53. The zero-order valence-corrected chi connectivity index (χ0v) is 17.8. The van der Waals surface area contributed by atoms with Crippen LogP contribution in [-0.2, 0) is 18.4 Å². The number of Topliss-reactive ketones (excluding diaryl/α,β-unsaturated/α-hetero) is 1. The Morgan fingerprint density at radius 2 is 1.48 bits per heavy atom. The van der Waals surface area contributed by atoms with Gasteiger partial charge in [-0.05, 0) is 48.9 Å². The van der Waals surface area contributed by atoms with Crippen LogP contribution in [0.1, 0.15) is 23.6 Å². The van der Waals surface area contributed by atoms with Gasteiger partial charge in [0, 0.05) is 34.0 Å². The Bertz CT molecular complexity index is 805. The number of carbonyl (C=O) groups excluding carboxylic acids is 1. The summed E-state index contributed by atoms with van der Waals surface area (Å²) >= 11 is 3.12. The van der Waals surface area contributed by atoms with Crippen molar-refractivity contribution >= 4 is 48.4 Å². The Morgan fingerprint density at radius 3 is 1.85 bits per heavy atom. The first-order valence-corrected chi connectivity index (χ1v) is 12.0. The summed E-state index contributed by atoms with van der Waals surface area (Å²) in [5.74, 6) is -0.0207. The number of carbonyl (C=O) groups is 1. The van der Waals surface area contributed by atoms with Gasteiger partial charge in [0.2, 0.25) is 0 Å². The fraction of sp³-hybridized carbons (Fsp3) is 0.316. The largest absolute Gasteiger partial charge is 0.408 e. The molecule has 144 valence electrons. The van der Waals surface area contributed by atoms with Crippen LogP contribution < -0.4 is 0 Å². The van der Waals surface area contributed by atoms with Crippen LogP contribution in [0.3, 0.4) is 0 Å². The number of thiophene rings is 2. The van der Waals surface area contributed by atoms with Crippen molar-refractivity contribution in [1.82, 2.24) is 4.67 Å². The van der Waals surface area contributed by atoms with E-state index in [2.05, 4.69) is 0 Å². The highest BCUT2D eigenvalue weighted by atomic mass is 32.1. The fourth-order valence-electron chi connectivity index (χ4n) is 2.81. The third kappa shape index (κ3) is 4.93. The molecule has 27 heavy (non-hydrogen) atoms. The van der Waals surface area contributed by atoms with E-state index in [-0.39, 0.29) is 32.1 Å². The number of hydrogen-bond acceptors (Lipinski definition) is 6. The molecule has 8 heteroatoms. The minimum absolute atomic E-state index is 0.0207. The molecule has 0 spiro atoms. The van der Waals surface area contributed by atoms with Gasteiger partial charge in [0.05, 0.1) is 13.2 Å². The second-order valence-electron chi connectivity index (χ2n) is 5.83. The highest BCUT2D eigenvalue weighted by Gasteiger charge is 2.39. The number of ketones is 1. The lowest BCUT2D eigenvalue weighted by Crippen LogP contribution is -2.36. The molecule has 0 radical (unpaired) electrons. The normalized spacial score (nSPS) is 19.3. The molecule has 0 N–H and O–H groups in total. The number of nitrogens with zero attached hydrogens (tertiary/aromatic N) is 1. The summed E-state index contributed by atoms with van der Waals surface area (Å²) in [6, 6.07) is 7.79. The summed E-state index contributed by atoms with van der Waals surface area (Å²) in [6.45, 7) is 4.58. The summed E-state index contributed by atoms with van der Waals surface area (Å²) < 4.78 is 26.0. The van der Waals surface area contributed by atoms with Gasteiger partial charge in [-0.2, -0.15) is 4.67 Å². The third-order valence-corrected chi connectivity index (χ3v) is 7.72. The lowest BCUT2D eigenvalue weighted by Gasteiger charge is -2.34. The Hall–Kier alpha value is -1.34. The smallest absolute Gasteiger partial charge is 0.297 e. The third-order valence-electron chi connectivity index (χ3n) is 3.94. The fourth-order valence-corrected chi connectivity index (χ4v) is 5.88. The van der Waals surface area contributed by atoms with Crippen molar-refractivity contribution in [3.63, 3.8) is 0 Å². The van der Waals surface area contributed by atoms with Gasteiger partial charge < -0.3 is 0 Å². The molecular formula is C19H22NO4PS2. The van der Waals surface area contributed by atoms with Crippen LogP contribution in [0.15, 0.2) is 46.2 Å². The summed E-state index contributed by atoms with van der Waals surface area (Å²) in [7, 11) is -3.47. The van der Waals surface area contributed by atoms with Crippen molar-refractivity contribution in [2.45, 2.75) is 13.8 Å². The number of hydrogen-bond donors (Lipinski definition) is 0. The Balaban J connectivity index is 2.00. The van der Waals surface area contributed by atoms with E-state index >= 15 is 0 Å². The van der Waals surface area contributed by atoms with Gasteiger partial charge in [0.25, 0.3) is 0 Å². The standard InChI is InChI=1S/C19H22NO4PS2/c1-3-23-25(22,24-4-2)20-13-15(11-17-7-5-9-26-17)19(21)16(14-20)12-18-8-6-10-27-18/h5-12H,3-4,13-14H2,1-2H3/b15-11+,16-12+. The zero-order valence-electron chi connectivity index (χ0n) is 15.3. The molecule has 2 aromatic heterocycles.